The number of nitriles is 1. The Balaban J connectivity index is 0. The van der Waals surface area contributed by atoms with Gasteiger partial charge in [-0.05, 0) is 13.3 Å². The molecule has 12 heavy (non-hydrogen) atoms. The Morgan fingerprint density at radius 1 is 1.75 bits per heavy atom. The maximum atomic E-state index is 9.91. The van der Waals surface area contributed by atoms with Crippen LogP contribution in [-0.4, -0.2) is 17.2 Å². The smallest absolute Gasteiger partial charge is 0.303 e. The van der Waals surface area contributed by atoms with Crippen LogP contribution in [0.3, 0.4) is 0 Å². The van der Waals surface area contributed by atoms with Crippen molar-refractivity contribution in [1.82, 2.24) is 0 Å². The summed E-state index contributed by atoms with van der Waals surface area (Å²) in [6.45, 7) is 1.71. The standard InChI is InChI=1S/C6H9NO2.CHNO/c1-5(4-7)2-3-6(8)9;2-1-3/h5H,2-3H2,1H3,(H,8,9);2H. The molecule has 5 nitrogen and oxygen atoms in total. The maximum Gasteiger partial charge on any atom is 0.303 e. The average Bonchev–Trinajstić information content (AvgIpc) is 2.01. The molecule has 0 aliphatic heterocycles. The van der Waals surface area contributed by atoms with Crippen molar-refractivity contribution >= 4 is 12.0 Å². The molecule has 0 aromatic heterocycles. The zero-order chi connectivity index (χ0) is 9.98. The van der Waals surface area contributed by atoms with Crippen LogP contribution in [0, 0.1) is 22.7 Å². The summed E-state index contributed by atoms with van der Waals surface area (Å²) in [7, 11) is 0. The highest BCUT2D eigenvalue weighted by atomic mass is 16.4. The molecule has 0 saturated heterocycles. The number of hydrogen-bond donors (Lipinski definition) is 2. The van der Waals surface area contributed by atoms with Crippen molar-refractivity contribution < 1.29 is 14.7 Å². The third kappa shape index (κ3) is 15.8. The van der Waals surface area contributed by atoms with Gasteiger partial charge in [-0.15, -0.1) is 0 Å². The molecule has 0 radical (unpaired) electrons. The minimum absolute atomic E-state index is 0.0920. The molecule has 66 valence electrons. The molecule has 5 heteroatoms. The normalized spacial score (nSPS) is 9.67. The van der Waals surface area contributed by atoms with E-state index in [9.17, 15) is 4.79 Å². The number of isocyanates is 1. The first-order valence-electron chi connectivity index (χ1n) is 3.23. The van der Waals surface area contributed by atoms with Gasteiger partial charge in [0.05, 0.1) is 6.07 Å². The second-order valence-electron chi connectivity index (χ2n) is 2.06. The number of rotatable bonds is 3. The lowest BCUT2D eigenvalue weighted by Crippen LogP contribution is -1.98. The molecule has 0 bridgehead atoms. The molecule has 0 fully saturated rings. The molecular weight excluding hydrogens is 160 g/mol. The quantitative estimate of drug-likeness (QED) is 0.485. The fraction of sp³-hybridized carbons (Fsp3) is 0.571. The van der Waals surface area contributed by atoms with Gasteiger partial charge in [0, 0.05) is 12.3 Å². The van der Waals surface area contributed by atoms with Gasteiger partial charge >= 0.3 is 5.97 Å². The van der Waals surface area contributed by atoms with E-state index in [2.05, 4.69) is 0 Å². The van der Waals surface area contributed by atoms with E-state index in [1.165, 1.54) is 0 Å². The van der Waals surface area contributed by atoms with Crippen LogP contribution in [0.25, 0.3) is 0 Å². The van der Waals surface area contributed by atoms with Gasteiger partial charge in [-0.1, -0.05) is 0 Å². The van der Waals surface area contributed by atoms with Gasteiger partial charge in [0.2, 0.25) is 6.08 Å². The molecular formula is C7H10N2O3. The summed E-state index contributed by atoms with van der Waals surface area (Å²) in [5, 5.41) is 21.8. The fourth-order valence-corrected chi connectivity index (χ4v) is 0.405. The van der Waals surface area contributed by atoms with Crippen molar-refractivity contribution in [1.29, 1.82) is 10.7 Å². The van der Waals surface area contributed by atoms with Gasteiger partial charge < -0.3 is 5.11 Å². The first-order valence-corrected chi connectivity index (χ1v) is 3.23. The summed E-state index contributed by atoms with van der Waals surface area (Å²) in [6.07, 6.45) is 1.29. The Kier molecular flexibility index (Phi) is 10.1. The molecule has 0 saturated carbocycles. The summed E-state index contributed by atoms with van der Waals surface area (Å²) in [5.41, 5.74) is 0. The lowest BCUT2D eigenvalue weighted by Gasteiger charge is -1.95. The zero-order valence-corrected chi connectivity index (χ0v) is 6.70. The van der Waals surface area contributed by atoms with Gasteiger partial charge in [0.15, 0.2) is 0 Å². The lowest BCUT2D eigenvalue weighted by atomic mass is 10.1. The molecule has 0 aromatic rings. The lowest BCUT2D eigenvalue weighted by molar-refractivity contribution is -0.137. The van der Waals surface area contributed by atoms with Crippen LogP contribution in [-0.2, 0) is 9.59 Å². The van der Waals surface area contributed by atoms with Gasteiger partial charge in [0.1, 0.15) is 0 Å². The number of nitrogens with zero attached hydrogens (tertiary/aromatic N) is 1. The SMILES string of the molecule is CC(C#N)CCC(=O)O.N=C=O. The molecule has 1 atom stereocenters. The Bertz CT molecular complexity index is 201. The zero-order valence-electron chi connectivity index (χ0n) is 6.70. The van der Waals surface area contributed by atoms with Crippen molar-refractivity contribution in [3.05, 3.63) is 0 Å². The van der Waals surface area contributed by atoms with Crippen molar-refractivity contribution in [3.8, 4) is 6.07 Å². The Hall–Kier alpha value is -1.66. The summed E-state index contributed by atoms with van der Waals surface area (Å²) in [5.74, 6) is -0.974. The molecule has 0 aromatic carbocycles. The number of hydrogen-bond acceptors (Lipinski definition) is 4. The van der Waals surface area contributed by atoms with Gasteiger partial charge in [-0.3, -0.25) is 4.79 Å². The largest absolute Gasteiger partial charge is 0.481 e. The van der Waals surface area contributed by atoms with E-state index >= 15 is 0 Å². The first kappa shape index (κ1) is 13.0. The van der Waals surface area contributed by atoms with Gasteiger partial charge in [0.25, 0.3) is 0 Å². The number of nitrogens with one attached hydrogen (secondary N) is 1. The van der Waals surface area contributed by atoms with Crippen LogP contribution in [0.1, 0.15) is 19.8 Å². The van der Waals surface area contributed by atoms with Crippen LogP contribution in [0.15, 0.2) is 0 Å². The molecule has 0 aliphatic carbocycles. The van der Waals surface area contributed by atoms with E-state index in [0.717, 1.165) is 6.08 Å². The van der Waals surface area contributed by atoms with E-state index in [4.69, 9.17) is 20.6 Å². The van der Waals surface area contributed by atoms with Crippen LogP contribution in [0.2, 0.25) is 0 Å². The van der Waals surface area contributed by atoms with Crippen molar-refractivity contribution in [2.45, 2.75) is 19.8 Å². The predicted molar refractivity (Wildman–Crippen MR) is 40.1 cm³/mol. The van der Waals surface area contributed by atoms with Crippen molar-refractivity contribution in [3.63, 3.8) is 0 Å². The second-order valence-corrected chi connectivity index (χ2v) is 2.06. The summed E-state index contributed by atoms with van der Waals surface area (Å²) < 4.78 is 0. The van der Waals surface area contributed by atoms with E-state index < -0.39 is 5.97 Å². The number of aliphatic carboxylic acids is 1. The topological polar surface area (TPSA) is 102 Å². The predicted octanol–water partition coefficient (Wildman–Crippen LogP) is 0.912. The van der Waals surface area contributed by atoms with Crippen LogP contribution in [0.4, 0.5) is 0 Å². The maximum absolute atomic E-state index is 9.91. The summed E-state index contributed by atoms with van der Waals surface area (Å²) in [6, 6.07) is 1.96. The number of carboxylic acids is 1. The minimum atomic E-state index is -0.836. The number of carbonyl (C=O) groups is 1. The summed E-state index contributed by atoms with van der Waals surface area (Å²) >= 11 is 0. The fourth-order valence-electron chi connectivity index (χ4n) is 0.405. The Morgan fingerprint density at radius 3 is 2.42 bits per heavy atom. The third-order valence-electron chi connectivity index (χ3n) is 1.01. The minimum Gasteiger partial charge on any atom is -0.481 e. The van der Waals surface area contributed by atoms with Crippen molar-refractivity contribution in [2.24, 2.45) is 5.92 Å². The Labute approximate surface area is 70.1 Å². The number of carboxylic acid groups (broad SMARTS) is 1. The van der Waals surface area contributed by atoms with Crippen molar-refractivity contribution in [2.75, 3.05) is 0 Å². The van der Waals surface area contributed by atoms with E-state index in [-0.39, 0.29) is 12.3 Å². The molecule has 0 rings (SSSR count). The Morgan fingerprint density at radius 2 is 2.17 bits per heavy atom. The highest BCUT2D eigenvalue weighted by Gasteiger charge is 2.02. The van der Waals surface area contributed by atoms with Crippen LogP contribution in [0.5, 0.6) is 0 Å². The average molecular weight is 170 g/mol. The molecule has 0 amide bonds. The van der Waals surface area contributed by atoms with E-state index in [0.29, 0.717) is 6.42 Å². The summed E-state index contributed by atoms with van der Waals surface area (Å²) in [4.78, 5) is 18.3. The third-order valence-corrected chi connectivity index (χ3v) is 1.01. The highest BCUT2D eigenvalue weighted by Crippen LogP contribution is 2.02. The molecule has 1 unspecified atom stereocenters. The van der Waals surface area contributed by atoms with Gasteiger partial charge in [-0.2, -0.15) is 5.26 Å². The molecule has 0 spiro atoms. The number of carbonyl (C=O) groups excluding carboxylic acids is 1. The van der Waals surface area contributed by atoms with E-state index in [1.807, 2.05) is 6.07 Å². The molecule has 0 heterocycles. The highest BCUT2D eigenvalue weighted by molar-refractivity contribution is 5.66. The monoisotopic (exact) mass is 170 g/mol. The first-order chi connectivity index (χ1) is 5.58. The van der Waals surface area contributed by atoms with Gasteiger partial charge in [-0.25, -0.2) is 10.2 Å². The molecule has 2 N–H and O–H groups in total. The second kappa shape index (κ2) is 9.34. The van der Waals surface area contributed by atoms with E-state index in [1.54, 1.807) is 6.92 Å². The molecule has 0 aliphatic rings. The van der Waals surface area contributed by atoms with Crippen LogP contribution < -0.4 is 0 Å². The van der Waals surface area contributed by atoms with Crippen LogP contribution >= 0.6 is 0 Å².